The van der Waals surface area contributed by atoms with E-state index in [2.05, 4.69) is 0 Å². The van der Waals surface area contributed by atoms with Crippen LogP contribution >= 0.6 is 0 Å². The van der Waals surface area contributed by atoms with E-state index in [0.717, 1.165) is 0 Å². The molecule has 0 saturated carbocycles. The molecule has 2 N–H and O–H groups in total. The van der Waals surface area contributed by atoms with E-state index in [9.17, 15) is 9.59 Å². The molecule has 4 nitrogen and oxygen atoms in total. The summed E-state index contributed by atoms with van der Waals surface area (Å²) >= 11 is 0. The summed E-state index contributed by atoms with van der Waals surface area (Å²) in [7, 11) is 0. The van der Waals surface area contributed by atoms with Crippen LogP contribution in [0.1, 0.15) is 33.1 Å². The van der Waals surface area contributed by atoms with Crippen molar-refractivity contribution in [1.29, 1.82) is 0 Å². The second-order valence-corrected chi connectivity index (χ2v) is 3.04. The second-order valence-electron chi connectivity index (χ2n) is 3.04. The molecule has 0 aromatic heterocycles. The van der Waals surface area contributed by atoms with Crippen molar-refractivity contribution in [2.45, 2.75) is 45.3 Å². The first-order valence-electron chi connectivity index (χ1n) is 4.39. The highest BCUT2D eigenvalue weighted by Gasteiger charge is 2.20. The topological polar surface area (TPSA) is 74.6 Å². The smallest absolute Gasteiger partial charge is 0.164 e. The first-order valence-corrected chi connectivity index (χ1v) is 4.39. The van der Waals surface area contributed by atoms with Crippen LogP contribution in [0.3, 0.4) is 0 Å². The third-order valence-electron chi connectivity index (χ3n) is 1.83. The molecule has 13 heavy (non-hydrogen) atoms. The molecule has 0 spiro atoms. The van der Waals surface area contributed by atoms with Crippen molar-refractivity contribution in [3.05, 3.63) is 0 Å². The predicted molar refractivity (Wildman–Crippen MR) is 47.2 cm³/mol. The van der Waals surface area contributed by atoms with Crippen LogP contribution in [0.5, 0.6) is 0 Å². The lowest BCUT2D eigenvalue weighted by molar-refractivity contribution is -0.133. The fourth-order valence-electron chi connectivity index (χ4n) is 0.856. The number of aliphatic hydroxyl groups is 2. The molecule has 0 radical (unpaired) electrons. The van der Waals surface area contributed by atoms with Gasteiger partial charge in [-0.25, -0.2) is 0 Å². The maximum Gasteiger partial charge on any atom is 0.164 e. The zero-order valence-electron chi connectivity index (χ0n) is 7.99. The zero-order chi connectivity index (χ0) is 10.4. The van der Waals surface area contributed by atoms with Gasteiger partial charge in [-0.2, -0.15) is 0 Å². The molecule has 76 valence electrons. The number of hydrogen-bond acceptors (Lipinski definition) is 4. The fraction of sp³-hybridized carbons (Fsp3) is 0.778. The van der Waals surface area contributed by atoms with Gasteiger partial charge in [0.05, 0.1) is 6.10 Å². The number of ketones is 2. The summed E-state index contributed by atoms with van der Waals surface area (Å²) in [6.45, 7) is 3.06. The molecular weight excluding hydrogens is 172 g/mol. The van der Waals surface area contributed by atoms with Crippen LogP contribution in [-0.4, -0.2) is 34.0 Å². The van der Waals surface area contributed by atoms with E-state index in [1.165, 1.54) is 6.92 Å². The predicted octanol–water partition coefficient (Wildman–Crippen LogP) is 0.0565. The molecule has 0 amide bonds. The molecule has 0 aliphatic carbocycles. The summed E-state index contributed by atoms with van der Waals surface area (Å²) in [5, 5.41) is 17.9. The maximum atomic E-state index is 11.0. The van der Waals surface area contributed by atoms with Gasteiger partial charge in [0.25, 0.3) is 0 Å². The molecular formula is C9H16O4. The lowest BCUT2D eigenvalue weighted by Gasteiger charge is -2.11. The molecule has 0 heterocycles. The standard InChI is InChI=1S/C9H16O4/c1-3-7(11)4-5-8(12)9(13)6(2)10/h6,9-10,13H,3-5H2,1-2H3. The number of carbonyl (C=O) groups is 2. The normalized spacial score (nSPS) is 15.1. The second kappa shape index (κ2) is 5.83. The Balaban J connectivity index is 3.81. The molecule has 0 aliphatic heterocycles. The quantitative estimate of drug-likeness (QED) is 0.618. The van der Waals surface area contributed by atoms with Gasteiger partial charge < -0.3 is 10.2 Å². The highest BCUT2D eigenvalue weighted by Crippen LogP contribution is 2.02. The van der Waals surface area contributed by atoms with Crippen molar-refractivity contribution in [3.8, 4) is 0 Å². The van der Waals surface area contributed by atoms with Crippen LogP contribution < -0.4 is 0 Å². The Morgan fingerprint density at radius 1 is 1.23 bits per heavy atom. The van der Waals surface area contributed by atoms with Gasteiger partial charge in [0, 0.05) is 19.3 Å². The van der Waals surface area contributed by atoms with E-state index in [-0.39, 0.29) is 18.6 Å². The van der Waals surface area contributed by atoms with Crippen molar-refractivity contribution in [2.75, 3.05) is 0 Å². The Morgan fingerprint density at radius 2 is 1.77 bits per heavy atom. The van der Waals surface area contributed by atoms with Gasteiger partial charge in [-0.3, -0.25) is 9.59 Å². The Morgan fingerprint density at radius 3 is 2.15 bits per heavy atom. The summed E-state index contributed by atoms with van der Waals surface area (Å²) in [5.74, 6) is -0.483. The minimum absolute atomic E-state index is 0.00820. The average molecular weight is 188 g/mol. The SMILES string of the molecule is CCC(=O)CCC(=O)C(O)C(C)O. The highest BCUT2D eigenvalue weighted by molar-refractivity contribution is 5.88. The van der Waals surface area contributed by atoms with Gasteiger partial charge in [0.2, 0.25) is 0 Å². The molecule has 0 aromatic carbocycles. The maximum absolute atomic E-state index is 11.0. The minimum atomic E-state index is -1.36. The fourth-order valence-corrected chi connectivity index (χ4v) is 0.856. The van der Waals surface area contributed by atoms with Crippen molar-refractivity contribution in [1.82, 2.24) is 0 Å². The van der Waals surface area contributed by atoms with E-state index in [1.807, 2.05) is 0 Å². The zero-order valence-corrected chi connectivity index (χ0v) is 7.99. The van der Waals surface area contributed by atoms with Gasteiger partial charge in [0.15, 0.2) is 5.78 Å². The Kier molecular flexibility index (Phi) is 5.50. The first kappa shape index (κ1) is 12.3. The molecule has 4 heteroatoms. The summed E-state index contributed by atoms with van der Waals surface area (Å²) in [6.07, 6.45) is -1.86. The van der Waals surface area contributed by atoms with Crippen LogP contribution in [-0.2, 0) is 9.59 Å². The summed E-state index contributed by atoms with van der Waals surface area (Å²) in [4.78, 5) is 21.9. The molecule has 0 saturated heterocycles. The van der Waals surface area contributed by atoms with Gasteiger partial charge in [-0.1, -0.05) is 6.92 Å². The lowest BCUT2D eigenvalue weighted by Crippen LogP contribution is -2.31. The lowest BCUT2D eigenvalue weighted by atomic mass is 10.0. The molecule has 0 bridgehead atoms. The van der Waals surface area contributed by atoms with Crippen LogP contribution in [0.15, 0.2) is 0 Å². The van der Waals surface area contributed by atoms with Crippen LogP contribution in [0, 0.1) is 0 Å². The monoisotopic (exact) mass is 188 g/mol. The average Bonchev–Trinajstić information content (AvgIpc) is 2.11. The number of hydrogen-bond donors (Lipinski definition) is 2. The van der Waals surface area contributed by atoms with Crippen molar-refractivity contribution < 1.29 is 19.8 Å². The molecule has 0 aliphatic rings. The first-order chi connectivity index (χ1) is 5.99. The van der Waals surface area contributed by atoms with E-state index < -0.39 is 18.0 Å². The third-order valence-corrected chi connectivity index (χ3v) is 1.83. The van der Waals surface area contributed by atoms with Crippen LogP contribution in [0.4, 0.5) is 0 Å². The number of Topliss-reactive ketones (excluding diaryl/α,β-unsaturated/α-hetero) is 2. The molecule has 2 atom stereocenters. The summed E-state index contributed by atoms with van der Waals surface area (Å²) < 4.78 is 0. The van der Waals surface area contributed by atoms with Gasteiger partial charge in [0.1, 0.15) is 11.9 Å². The van der Waals surface area contributed by atoms with Crippen molar-refractivity contribution >= 4 is 11.6 Å². The molecule has 0 rings (SSSR count). The van der Waals surface area contributed by atoms with E-state index in [4.69, 9.17) is 10.2 Å². The molecule has 2 unspecified atom stereocenters. The minimum Gasteiger partial charge on any atom is -0.390 e. The molecule has 0 aromatic rings. The van der Waals surface area contributed by atoms with E-state index in [1.54, 1.807) is 6.92 Å². The van der Waals surface area contributed by atoms with Gasteiger partial charge in [-0.15, -0.1) is 0 Å². The Hall–Kier alpha value is -0.740. The van der Waals surface area contributed by atoms with Crippen LogP contribution in [0.2, 0.25) is 0 Å². The van der Waals surface area contributed by atoms with E-state index in [0.29, 0.717) is 6.42 Å². The Bertz CT molecular complexity index is 186. The number of rotatable bonds is 6. The largest absolute Gasteiger partial charge is 0.390 e. The summed E-state index contributed by atoms with van der Waals surface area (Å²) in [6, 6.07) is 0. The van der Waals surface area contributed by atoms with E-state index >= 15 is 0 Å². The van der Waals surface area contributed by atoms with Gasteiger partial charge >= 0.3 is 0 Å². The highest BCUT2D eigenvalue weighted by atomic mass is 16.3. The van der Waals surface area contributed by atoms with Crippen molar-refractivity contribution in [3.63, 3.8) is 0 Å². The van der Waals surface area contributed by atoms with Crippen molar-refractivity contribution in [2.24, 2.45) is 0 Å². The Labute approximate surface area is 77.6 Å². The molecule has 0 fully saturated rings. The summed E-state index contributed by atoms with van der Waals surface area (Å²) in [5.41, 5.74) is 0. The number of aliphatic hydroxyl groups excluding tert-OH is 2. The third kappa shape index (κ3) is 4.75. The van der Waals surface area contributed by atoms with Gasteiger partial charge in [-0.05, 0) is 6.92 Å². The van der Waals surface area contributed by atoms with Crippen LogP contribution in [0.25, 0.3) is 0 Å². The number of carbonyl (C=O) groups excluding carboxylic acids is 2.